The average molecular weight is 254 g/mol. The highest BCUT2D eigenvalue weighted by molar-refractivity contribution is 5.51. The van der Waals surface area contributed by atoms with E-state index < -0.39 is 0 Å². The molecule has 100 valence electrons. The quantitative estimate of drug-likeness (QED) is 0.906. The van der Waals surface area contributed by atoms with E-state index in [1.807, 2.05) is 6.07 Å². The predicted octanol–water partition coefficient (Wildman–Crippen LogP) is 3.40. The average Bonchev–Trinajstić information content (AvgIpc) is 2.38. The summed E-state index contributed by atoms with van der Waals surface area (Å²) < 4.78 is 0. The maximum Gasteiger partial charge on any atom is 0.0429 e. The van der Waals surface area contributed by atoms with Crippen LogP contribution >= 0.6 is 0 Å². The summed E-state index contributed by atoms with van der Waals surface area (Å²) in [6.07, 6.45) is 0. The molecule has 2 rings (SSSR count). The van der Waals surface area contributed by atoms with Crippen LogP contribution in [0.1, 0.15) is 22.3 Å². The first kappa shape index (κ1) is 13.6. The van der Waals surface area contributed by atoms with Crippen LogP contribution in [0.4, 0.5) is 5.69 Å². The lowest BCUT2D eigenvalue weighted by Crippen LogP contribution is -2.18. The monoisotopic (exact) mass is 254 g/mol. The number of hydrogen-bond donors (Lipinski definition) is 1. The van der Waals surface area contributed by atoms with Gasteiger partial charge in [-0.15, -0.1) is 0 Å². The third kappa shape index (κ3) is 3.36. The number of nitrogens with zero attached hydrogens (tertiary/aromatic N) is 1. The molecule has 0 heterocycles. The van der Waals surface area contributed by atoms with E-state index in [4.69, 9.17) is 5.73 Å². The van der Waals surface area contributed by atoms with Gasteiger partial charge in [0.05, 0.1) is 0 Å². The number of benzene rings is 2. The van der Waals surface area contributed by atoms with Gasteiger partial charge in [-0.05, 0) is 48.2 Å². The number of rotatable bonds is 4. The highest BCUT2D eigenvalue weighted by Gasteiger charge is 2.06. The lowest BCUT2D eigenvalue weighted by molar-refractivity contribution is 0.893. The summed E-state index contributed by atoms with van der Waals surface area (Å²) in [5, 5.41) is 0. The zero-order valence-corrected chi connectivity index (χ0v) is 12.0. The fraction of sp³-hybridized carbons (Fsp3) is 0.294. The first-order chi connectivity index (χ1) is 9.10. The summed E-state index contributed by atoms with van der Waals surface area (Å²) in [5.41, 5.74) is 12.2. The topological polar surface area (TPSA) is 29.3 Å². The molecule has 2 aromatic carbocycles. The standard InChI is InChI=1S/C17H22N2/c1-13-8-14(2)10-17(9-13)19(3)12-16-7-5-4-6-15(16)11-18/h4-10H,11-12,18H2,1-3H3. The zero-order chi connectivity index (χ0) is 13.8. The number of aryl methyl sites for hydroxylation is 2. The Hall–Kier alpha value is -1.80. The van der Waals surface area contributed by atoms with Gasteiger partial charge in [-0.1, -0.05) is 30.3 Å². The molecule has 2 heteroatoms. The van der Waals surface area contributed by atoms with Crippen molar-refractivity contribution in [3.8, 4) is 0 Å². The normalized spacial score (nSPS) is 10.5. The fourth-order valence-electron chi connectivity index (χ4n) is 2.43. The highest BCUT2D eigenvalue weighted by Crippen LogP contribution is 2.20. The van der Waals surface area contributed by atoms with Crippen LogP contribution in [0, 0.1) is 13.8 Å². The van der Waals surface area contributed by atoms with Crippen LogP contribution in [0.2, 0.25) is 0 Å². The fourth-order valence-corrected chi connectivity index (χ4v) is 2.43. The van der Waals surface area contributed by atoms with Crippen molar-refractivity contribution in [3.05, 3.63) is 64.7 Å². The van der Waals surface area contributed by atoms with E-state index in [9.17, 15) is 0 Å². The molecule has 0 radical (unpaired) electrons. The van der Waals surface area contributed by atoms with E-state index in [-0.39, 0.29) is 0 Å². The van der Waals surface area contributed by atoms with E-state index in [0.717, 1.165) is 6.54 Å². The van der Waals surface area contributed by atoms with E-state index in [1.165, 1.54) is 27.9 Å². The Morgan fingerprint density at radius 3 is 2.11 bits per heavy atom. The Morgan fingerprint density at radius 1 is 0.947 bits per heavy atom. The summed E-state index contributed by atoms with van der Waals surface area (Å²) in [6.45, 7) is 5.75. The summed E-state index contributed by atoms with van der Waals surface area (Å²) in [7, 11) is 2.13. The molecule has 0 spiro atoms. The molecular formula is C17H22N2. The minimum absolute atomic E-state index is 0.594. The molecule has 2 aromatic rings. The Morgan fingerprint density at radius 2 is 1.53 bits per heavy atom. The lowest BCUT2D eigenvalue weighted by Gasteiger charge is -2.22. The smallest absolute Gasteiger partial charge is 0.0429 e. The number of anilines is 1. The second kappa shape index (κ2) is 5.89. The molecular weight excluding hydrogens is 232 g/mol. The van der Waals surface area contributed by atoms with Gasteiger partial charge in [0.1, 0.15) is 0 Å². The van der Waals surface area contributed by atoms with Gasteiger partial charge >= 0.3 is 0 Å². The molecule has 0 aliphatic carbocycles. The van der Waals surface area contributed by atoms with Crippen molar-refractivity contribution in [1.29, 1.82) is 0 Å². The van der Waals surface area contributed by atoms with Crippen LogP contribution in [0.3, 0.4) is 0 Å². The molecule has 0 atom stereocenters. The molecule has 0 saturated carbocycles. The summed E-state index contributed by atoms with van der Waals surface area (Å²) in [6, 6.07) is 15.0. The second-order valence-electron chi connectivity index (χ2n) is 5.17. The third-order valence-corrected chi connectivity index (χ3v) is 3.39. The molecule has 0 amide bonds. The van der Waals surface area contributed by atoms with E-state index >= 15 is 0 Å². The maximum absolute atomic E-state index is 5.79. The van der Waals surface area contributed by atoms with Crippen molar-refractivity contribution >= 4 is 5.69 Å². The van der Waals surface area contributed by atoms with Gasteiger partial charge in [0.25, 0.3) is 0 Å². The van der Waals surface area contributed by atoms with E-state index in [1.54, 1.807) is 0 Å². The molecule has 0 fully saturated rings. The van der Waals surface area contributed by atoms with Crippen LogP contribution in [-0.2, 0) is 13.1 Å². The lowest BCUT2D eigenvalue weighted by atomic mass is 10.1. The first-order valence-electron chi connectivity index (χ1n) is 6.66. The van der Waals surface area contributed by atoms with Gasteiger partial charge in [0, 0.05) is 25.8 Å². The number of nitrogens with two attached hydrogens (primary N) is 1. The molecule has 0 aromatic heterocycles. The van der Waals surface area contributed by atoms with Crippen molar-refractivity contribution in [2.45, 2.75) is 26.9 Å². The van der Waals surface area contributed by atoms with E-state index in [2.05, 4.69) is 62.2 Å². The predicted molar refractivity (Wildman–Crippen MR) is 82.4 cm³/mol. The summed E-state index contributed by atoms with van der Waals surface area (Å²) in [5.74, 6) is 0. The molecule has 0 unspecified atom stereocenters. The van der Waals surface area contributed by atoms with Gasteiger partial charge in [-0.2, -0.15) is 0 Å². The van der Waals surface area contributed by atoms with Crippen LogP contribution in [0.25, 0.3) is 0 Å². The van der Waals surface area contributed by atoms with Gasteiger partial charge in [0.2, 0.25) is 0 Å². The first-order valence-corrected chi connectivity index (χ1v) is 6.66. The van der Waals surface area contributed by atoms with Gasteiger partial charge in [-0.3, -0.25) is 0 Å². The van der Waals surface area contributed by atoms with Crippen LogP contribution in [0.5, 0.6) is 0 Å². The molecule has 2 nitrogen and oxygen atoms in total. The minimum atomic E-state index is 0.594. The van der Waals surface area contributed by atoms with E-state index in [0.29, 0.717) is 6.54 Å². The van der Waals surface area contributed by atoms with Crippen LogP contribution in [-0.4, -0.2) is 7.05 Å². The largest absolute Gasteiger partial charge is 0.370 e. The Bertz CT molecular complexity index is 541. The number of hydrogen-bond acceptors (Lipinski definition) is 2. The molecule has 2 N–H and O–H groups in total. The Labute approximate surface area is 115 Å². The molecule has 0 bridgehead atoms. The van der Waals surface area contributed by atoms with Crippen LogP contribution < -0.4 is 10.6 Å². The molecule has 19 heavy (non-hydrogen) atoms. The van der Waals surface area contributed by atoms with Crippen molar-refractivity contribution in [2.75, 3.05) is 11.9 Å². The Kier molecular flexibility index (Phi) is 4.23. The Balaban J connectivity index is 2.22. The SMILES string of the molecule is Cc1cc(C)cc(N(C)Cc2ccccc2CN)c1. The highest BCUT2D eigenvalue weighted by atomic mass is 15.1. The second-order valence-corrected chi connectivity index (χ2v) is 5.17. The maximum atomic E-state index is 5.79. The van der Waals surface area contributed by atoms with Crippen molar-refractivity contribution in [1.82, 2.24) is 0 Å². The summed E-state index contributed by atoms with van der Waals surface area (Å²) >= 11 is 0. The van der Waals surface area contributed by atoms with Crippen LogP contribution in [0.15, 0.2) is 42.5 Å². The molecule has 0 saturated heterocycles. The van der Waals surface area contributed by atoms with Gasteiger partial charge < -0.3 is 10.6 Å². The van der Waals surface area contributed by atoms with Crippen molar-refractivity contribution < 1.29 is 0 Å². The zero-order valence-electron chi connectivity index (χ0n) is 12.0. The third-order valence-electron chi connectivity index (χ3n) is 3.39. The molecule has 0 aliphatic heterocycles. The van der Waals surface area contributed by atoms with Gasteiger partial charge in [-0.25, -0.2) is 0 Å². The van der Waals surface area contributed by atoms with Crippen molar-refractivity contribution in [3.63, 3.8) is 0 Å². The molecule has 0 aliphatic rings. The van der Waals surface area contributed by atoms with Gasteiger partial charge in [0.15, 0.2) is 0 Å². The minimum Gasteiger partial charge on any atom is -0.370 e. The summed E-state index contributed by atoms with van der Waals surface area (Å²) in [4.78, 5) is 2.27. The van der Waals surface area contributed by atoms with Crippen molar-refractivity contribution in [2.24, 2.45) is 5.73 Å².